The maximum absolute atomic E-state index is 10.9. The fraction of sp³-hybridized carbons (Fsp3) is 0. The summed E-state index contributed by atoms with van der Waals surface area (Å²) in [5, 5.41) is 0. The van der Waals surface area contributed by atoms with Gasteiger partial charge in [0.25, 0.3) is 20.2 Å². The smallest absolute Gasteiger partial charge is 0.294 e. The minimum atomic E-state index is -4.24. The first-order valence-electron chi connectivity index (χ1n) is 6.30. The minimum absolute atomic E-state index is 0.204. The lowest BCUT2D eigenvalue weighted by atomic mass is 10.3. The Morgan fingerprint density at radius 3 is 1.68 bits per heavy atom. The second-order valence-corrected chi connectivity index (χ2v) is 8.73. The molecule has 0 saturated carbocycles. The molecule has 134 valence electrons. The summed E-state index contributed by atoms with van der Waals surface area (Å²) in [7, 11) is -8.61. The van der Waals surface area contributed by atoms with Gasteiger partial charge in [-0.15, -0.1) is 0 Å². The number of benzene rings is 2. The van der Waals surface area contributed by atoms with Crippen LogP contribution in [0.2, 0.25) is 0 Å². The molecule has 0 saturated heterocycles. The van der Waals surface area contributed by atoms with Crippen LogP contribution in [0.25, 0.3) is 0 Å². The maximum atomic E-state index is 10.9. The van der Waals surface area contributed by atoms with E-state index in [0.29, 0.717) is 11.5 Å². The zero-order valence-corrected chi connectivity index (χ0v) is 15.7. The number of hydrogen-bond donors (Lipinski definition) is 2. The lowest BCUT2D eigenvalue weighted by Gasteiger charge is -2.02. The van der Waals surface area contributed by atoms with Crippen molar-refractivity contribution in [2.45, 2.75) is 9.79 Å². The van der Waals surface area contributed by atoms with Gasteiger partial charge in [-0.1, -0.05) is 0 Å². The van der Waals surface area contributed by atoms with E-state index in [1.807, 2.05) is 0 Å². The van der Waals surface area contributed by atoms with Crippen molar-refractivity contribution in [2.24, 2.45) is 4.52 Å². The first kappa shape index (κ1) is 19.7. The van der Waals surface area contributed by atoms with Crippen LogP contribution in [0.4, 0.5) is 0 Å². The molecule has 0 fully saturated rings. The zero-order chi connectivity index (χ0) is 18.5. The van der Waals surface area contributed by atoms with E-state index < -0.39 is 20.2 Å². The van der Waals surface area contributed by atoms with E-state index in [2.05, 4.69) is 4.52 Å². The predicted octanol–water partition coefficient (Wildman–Crippen LogP) is 3.19. The molecule has 0 aliphatic rings. The van der Waals surface area contributed by atoms with Gasteiger partial charge in [0.05, 0.1) is 9.79 Å². The van der Waals surface area contributed by atoms with Gasteiger partial charge in [-0.3, -0.25) is 9.11 Å². The topological polar surface area (TPSA) is 140 Å². The predicted molar refractivity (Wildman–Crippen MR) is 91.4 cm³/mol. The van der Waals surface area contributed by atoms with Crippen molar-refractivity contribution in [1.29, 1.82) is 0 Å². The highest BCUT2D eigenvalue weighted by atomic mass is 32.2. The normalized spacial score (nSPS) is 12.7. The monoisotopic (exact) mass is 423 g/mol. The zero-order valence-electron chi connectivity index (χ0n) is 12.2. The third-order valence-corrected chi connectivity index (χ3v) is 5.64. The summed E-state index contributed by atoms with van der Waals surface area (Å²) >= 11 is 0. The van der Waals surface area contributed by atoms with Crippen LogP contribution in [-0.2, 0) is 20.2 Å². The molecule has 2 aromatic carbocycles. The quantitative estimate of drug-likeness (QED) is 0.511. The average Bonchev–Trinajstić information content (AvgIpc) is 2.54. The fourth-order valence-electron chi connectivity index (χ4n) is 1.51. The third-order valence-electron chi connectivity index (χ3n) is 2.63. The summed E-state index contributed by atoms with van der Waals surface area (Å²) in [5.74, 6) is 0.710. The summed E-state index contributed by atoms with van der Waals surface area (Å²) in [5.41, 5.74) is 0. The molecule has 0 spiro atoms. The van der Waals surface area contributed by atoms with Gasteiger partial charge >= 0.3 is 0 Å². The Bertz CT molecular complexity index is 957. The fourth-order valence-corrected chi connectivity index (χ4v) is 3.39. The van der Waals surface area contributed by atoms with E-state index in [1.165, 1.54) is 48.5 Å². The molecule has 0 aliphatic carbocycles. The van der Waals surface area contributed by atoms with Crippen LogP contribution >= 0.6 is 17.6 Å². The summed E-state index contributed by atoms with van der Waals surface area (Å²) in [4.78, 5) is -0.484. The van der Waals surface area contributed by atoms with Gasteiger partial charge in [-0.05, 0) is 48.5 Å². The molecular formula is C12H11NO8P2S2. The molecule has 0 bridgehead atoms. The summed E-state index contributed by atoms with van der Waals surface area (Å²) < 4.78 is 75.6. The van der Waals surface area contributed by atoms with Crippen molar-refractivity contribution in [2.75, 3.05) is 0 Å². The minimum Gasteiger partial charge on any atom is -0.454 e. The Kier molecular flexibility index (Phi) is 6.45. The van der Waals surface area contributed by atoms with Crippen LogP contribution in [0.1, 0.15) is 0 Å². The van der Waals surface area contributed by atoms with Crippen LogP contribution in [-0.4, -0.2) is 25.9 Å². The largest absolute Gasteiger partial charge is 0.454 e. The highest BCUT2D eigenvalue weighted by molar-refractivity contribution is 7.86. The van der Waals surface area contributed by atoms with E-state index in [9.17, 15) is 16.8 Å². The van der Waals surface area contributed by atoms with Crippen LogP contribution in [0.15, 0.2) is 62.8 Å². The van der Waals surface area contributed by atoms with Crippen LogP contribution in [0.5, 0.6) is 11.5 Å². The van der Waals surface area contributed by atoms with E-state index in [0.717, 1.165) is 0 Å². The first-order chi connectivity index (χ1) is 11.7. The molecular weight excluding hydrogens is 412 g/mol. The van der Waals surface area contributed by atoms with Gasteiger partial charge < -0.3 is 9.05 Å². The second-order valence-electron chi connectivity index (χ2n) is 4.36. The van der Waals surface area contributed by atoms with Gasteiger partial charge in [-0.25, -0.2) is 0 Å². The molecule has 9 nitrogen and oxygen atoms in total. The van der Waals surface area contributed by atoms with Crippen LogP contribution in [0, 0.1) is 0 Å². The third kappa shape index (κ3) is 6.32. The van der Waals surface area contributed by atoms with Crippen LogP contribution in [0.3, 0.4) is 0 Å². The molecule has 2 rings (SSSR count). The lowest BCUT2D eigenvalue weighted by molar-refractivity contribution is 0.480. The van der Waals surface area contributed by atoms with E-state index in [4.69, 9.17) is 18.2 Å². The molecule has 1 unspecified atom stereocenters. The van der Waals surface area contributed by atoms with Crippen molar-refractivity contribution in [3.05, 3.63) is 48.5 Å². The molecule has 13 heteroatoms. The molecule has 0 amide bonds. The van der Waals surface area contributed by atoms with Gasteiger partial charge in [0.1, 0.15) is 11.5 Å². The molecule has 25 heavy (non-hydrogen) atoms. The number of hydrogen-bond acceptors (Lipinski definition) is 7. The van der Waals surface area contributed by atoms with Crippen molar-refractivity contribution in [3.63, 3.8) is 0 Å². The summed E-state index contributed by atoms with van der Waals surface area (Å²) in [6.07, 6.45) is 0. The Balaban J connectivity index is 1.84. The lowest BCUT2D eigenvalue weighted by Crippen LogP contribution is -1.96. The number of nitrogens with zero attached hydrogens (tertiary/aromatic N) is 1. The average molecular weight is 423 g/mol. The Morgan fingerprint density at radius 1 is 0.800 bits per heavy atom. The van der Waals surface area contributed by atoms with Crippen LogP contribution < -0.4 is 9.05 Å². The molecule has 2 aromatic rings. The standard InChI is InChI=1S/C12H11NO8P2S2/c14-24(15,16)11-5-1-9(2-6-11)20-22-13-23-21-10-3-7-12(8-4-10)25(17,18)19/h1-8,22H,(H,14,15,16)(H,17,18,19). The van der Waals surface area contributed by atoms with Gasteiger partial charge in [0, 0.05) is 0 Å². The second kappa shape index (κ2) is 8.18. The SMILES string of the molecule is O=S(=O)(O)c1ccc(OP=NPOc2ccc(S(=O)(=O)O)cc2)cc1. The van der Waals surface area contributed by atoms with Crippen molar-refractivity contribution in [3.8, 4) is 11.5 Å². The highest BCUT2D eigenvalue weighted by Crippen LogP contribution is 2.27. The Morgan fingerprint density at radius 2 is 1.24 bits per heavy atom. The van der Waals surface area contributed by atoms with E-state index in [-0.39, 0.29) is 27.3 Å². The van der Waals surface area contributed by atoms with Gasteiger partial charge in [-0.2, -0.15) is 21.4 Å². The van der Waals surface area contributed by atoms with E-state index in [1.54, 1.807) is 0 Å². The summed E-state index contributed by atoms with van der Waals surface area (Å²) in [6.45, 7) is 0. The Hall–Kier alpha value is -1.61. The molecule has 0 heterocycles. The summed E-state index contributed by atoms with van der Waals surface area (Å²) in [6, 6.07) is 10.2. The van der Waals surface area contributed by atoms with E-state index >= 15 is 0 Å². The van der Waals surface area contributed by atoms with Gasteiger partial charge in [0.2, 0.25) is 17.6 Å². The first-order valence-corrected chi connectivity index (χ1v) is 10.8. The maximum Gasteiger partial charge on any atom is 0.294 e. The van der Waals surface area contributed by atoms with Gasteiger partial charge in [0.15, 0.2) is 0 Å². The van der Waals surface area contributed by atoms with Crippen molar-refractivity contribution in [1.82, 2.24) is 0 Å². The molecule has 0 aromatic heterocycles. The van der Waals surface area contributed by atoms with Crippen molar-refractivity contribution >= 4 is 37.8 Å². The molecule has 0 aliphatic heterocycles. The molecule has 1 atom stereocenters. The number of rotatable bonds is 7. The molecule has 0 radical (unpaired) electrons. The van der Waals surface area contributed by atoms with Crippen molar-refractivity contribution < 1.29 is 35.0 Å². The highest BCUT2D eigenvalue weighted by Gasteiger charge is 2.09. The molecule has 2 N–H and O–H groups in total. The Labute approximate surface area is 147 Å².